The minimum absolute atomic E-state index is 0.000318. The molecular weight excluding hydrogens is 374 g/mol. The van der Waals surface area contributed by atoms with Crippen molar-refractivity contribution in [3.05, 3.63) is 63.2 Å². The van der Waals surface area contributed by atoms with E-state index < -0.39 is 22.9 Å². The second kappa shape index (κ2) is 8.50. The maximum atomic E-state index is 12.5. The minimum Gasteiger partial charge on any atom is -0.449 e. The van der Waals surface area contributed by atoms with Crippen molar-refractivity contribution in [2.75, 3.05) is 24.3 Å². The number of non-ortho nitro benzene ring substituents is 1. The summed E-state index contributed by atoms with van der Waals surface area (Å²) in [6.45, 7) is 1.41. The molecule has 0 bridgehead atoms. The van der Waals surface area contributed by atoms with Crippen LogP contribution < -0.4 is 10.2 Å². The second-order valence-electron chi connectivity index (χ2n) is 5.90. The fourth-order valence-corrected chi connectivity index (χ4v) is 2.37. The fourth-order valence-electron chi connectivity index (χ4n) is 2.25. The molecule has 0 radical (unpaired) electrons. The first kappa shape index (κ1) is 20.2. The Morgan fingerprint density at radius 2 is 1.81 bits per heavy atom. The van der Waals surface area contributed by atoms with Gasteiger partial charge in [-0.1, -0.05) is 11.6 Å². The third kappa shape index (κ3) is 5.18. The predicted molar refractivity (Wildman–Crippen MR) is 102 cm³/mol. The number of nitrogens with one attached hydrogen (secondary N) is 1. The first-order valence-electron chi connectivity index (χ1n) is 7.92. The van der Waals surface area contributed by atoms with Crippen LogP contribution in [0.15, 0.2) is 42.5 Å². The average molecular weight is 392 g/mol. The molecule has 0 aliphatic heterocycles. The second-order valence-corrected chi connectivity index (χ2v) is 6.33. The van der Waals surface area contributed by atoms with Crippen LogP contribution in [0.5, 0.6) is 0 Å². The molecule has 0 saturated carbocycles. The minimum atomic E-state index is -1.11. The Morgan fingerprint density at radius 3 is 2.37 bits per heavy atom. The number of nitro groups is 1. The maximum absolute atomic E-state index is 12.5. The van der Waals surface area contributed by atoms with Gasteiger partial charge in [-0.05, 0) is 37.3 Å². The van der Waals surface area contributed by atoms with Crippen LogP contribution in [0, 0.1) is 10.1 Å². The summed E-state index contributed by atoms with van der Waals surface area (Å²) in [6.07, 6.45) is -1.11. The zero-order valence-electron chi connectivity index (χ0n) is 14.9. The van der Waals surface area contributed by atoms with Crippen LogP contribution in [-0.4, -0.2) is 37.0 Å². The topological polar surface area (TPSA) is 102 Å². The summed E-state index contributed by atoms with van der Waals surface area (Å²) < 4.78 is 5.19. The number of nitrogens with zero attached hydrogens (tertiary/aromatic N) is 2. The van der Waals surface area contributed by atoms with E-state index in [1.807, 2.05) is 0 Å². The van der Waals surface area contributed by atoms with Crippen molar-refractivity contribution in [3.63, 3.8) is 0 Å². The van der Waals surface area contributed by atoms with E-state index in [-0.39, 0.29) is 11.3 Å². The van der Waals surface area contributed by atoms with E-state index in [2.05, 4.69) is 5.32 Å². The van der Waals surface area contributed by atoms with Gasteiger partial charge in [0.2, 0.25) is 0 Å². The van der Waals surface area contributed by atoms with Crippen LogP contribution in [0.3, 0.4) is 0 Å². The molecule has 2 rings (SSSR count). The lowest BCUT2D eigenvalue weighted by molar-refractivity contribution is -0.384. The highest BCUT2D eigenvalue weighted by molar-refractivity contribution is 6.30. The predicted octanol–water partition coefficient (Wildman–Crippen LogP) is 3.50. The highest BCUT2D eigenvalue weighted by Gasteiger charge is 2.24. The van der Waals surface area contributed by atoms with E-state index in [9.17, 15) is 19.7 Å². The van der Waals surface area contributed by atoms with Crippen LogP contribution >= 0.6 is 11.6 Å². The molecule has 2 aromatic carbocycles. The first-order chi connectivity index (χ1) is 12.7. The van der Waals surface area contributed by atoms with Gasteiger partial charge in [-0.3, -0.25) is 14.9 Å². The number of amides is 1. The Kier molecular flexibility index (Phi) is 6.36. The van der Waals surface area contributed by atoms with Crippen molar-refractivity contribution in [1.29, 1.82) is 0 Å². The molecule has 0 heterocycles. The zero-order chi connectivity index (χ0) is 20.1. The van der Waals surface area contributed by atoms with E-state index in [0.29, 0.717) is 16.4 Å². The van der Waals surface area contributed by atoms with E-state index in [4.69, 9.17) is 16.3 Å². The summed E-state index contributed by atoms with van der Waals surface area (Å²) >= 11 is 5.79. The number of anilines is 2. The molecule has 2 aromatic rings. The van der Waals surface area contributed by atoms with Gasteiger partial charge in [0.15, 0.2) is 6.10 Å². The largest absolute Gasteiger partial charge is 0.449 e. The molecule has 27 heavy (non-hydrogen) atoms. The molecular formula is C18H18ClN3O5. The molecule has 1 atom stereocenters. The number of carbonyl (C=O) groups excluding carboxylic acids is 2. The lowest BCUT2D eigenvalue weighted by Gasteiger charge is -2.18. The van der Waals surface area contributed by atoms with Gasteiger partial charge in [0.25, 0.3) is 11.6 Å². The van der Waals surface area contributed by atoms with Gasteiger partial charge < -0.3 is 15.0 Å². The number of esters is 1. The van der Waals surface area contributed by atoms with Crippen molar-refractivity contribution in [1.82, 2.24) is 0 Å². The molecule has 0 saturated heterocycles. The molecule has 0 aliphatic rings. The summed E-state index contributed by atoms with van der Waals surface area (Å²) in [5.74, 6) is -1.37. The number of rotatable bonds is 6. The van der Waals surface area contributed by atoms with E-state index in [0.717, 1.165) is 6.07 Å². The van der Waals surface area contributed by atoms with Gasteiger partial charge in [-0.15, -0.1) is 0 Å². The lowest BCUT2D eigenvalue weighted by atomic mass is 10.1. The highest BCUT2D eigenvalue weighted by atomic mass is 35.5. The van der Waals surface area contributed by atoms with Crippen LogP contribution in [0.25, 0.3) is 0 Å². The van der Waals surface area contributed by atoms with Crippen molar-refractivity contribution in [3.8, 4) is 0 Å². The normalized spacial score (nSPS) is 11.4. The summed E-state index contributed by atoms with van der Waals surface area (Å²) in [4.78, 5) is 36.7. The number of ether oxygens (including phenoxy) is 1. The van der Waals surface area contributed by atoms with Crippen LogP contribution in [0.4, 0.5) is 17.1 Å². The molecule has 0 unspecified atom stereocenters. The van der Waals surface area contributed by atoms with E-state index >= 15 is 0 Å². The number of carbonyl (C=O) groups is 2. The number of hydrogen-bond donors (Lipinski definition) is 1. The third-order valence-corrected chi connectivity index (χ3v) is 3.91. The monoisotopic (exact) mass is 391 g/mol. The molecule has 0 fully saturated rings. The van der Waals surface area contributed by atoms with Crippen LogP contribution in [0.2, 0.25) is 5.02 Å². The Labute approximate surface area is 160 Å². The van der Waals surface area contributed by atoms with Gasteiger partial charge in [0, 0.05) is 36.9 Å². The maximum Gasteiger partial charge on any atom is 0.341 e. The molecule has 9 heteroatoms. The van der Waals surface area contributed by atoms with Gasteiger partial charge in [0.1, 0.15) is 0 Å². The summed E-state index contributed by atoms with van der Waals surface area (Å²) in [5.41, 5.74) is 0.693. The van der Waals surface area contributed by atoms with Gasteiger partial charge >= 0.3 is 5.97 Å². The van der Waals surface area contributed by atoms with Crippen molar-refractivity contribution >= 4 is 40.5 Å². The molecule has 8 nitrogen and oxygen atoms in total. The van der Waals surface area contributed by atoms with Crippen molar-refractivity contribution in [2.24, 2.45) is 0 Å². The molecule has 142 valence electrons. The number of hydrogen-bond acceptors (Lipinski definition) is 6. The SMILES string of the molecule is C[C@H](OC(=O)c1cc([N+](=O)[O-])ccc1N(C)C)C(=O)Nc1ccc(Cl)cc1. The van der Waals surface area contributed by atoms with Gasteiger partial charge in [-0.25, -0.2) is 4.79 Å². The number of halogens is 1. The first-order valence-corrected chi connectivity index (χ1v) is 8.30. The van der Waals surface area contributed by atoms with E-state index in [1.165, 1.54) is 19.1 Å². The molecule has 1 amide bonds. The van der Waals surface area contributed by atoms with Gasteiger partial charge in [0.05, 0.1) is 16.2 Å². The standard InChI is InChI=1S/C18H18ClN3O5/c1-11(17(23)20-13-6-4-12(19)5-7-13)27-18(24)15-10-14(22(25)26)8-9-16(15)21(2)3/h4-11H,1-3H3,(H,20,23)/t11-/m0/s1. The summed E-state index contributed by atoms with van der Waals surface area (Å²) in [7, 11) is 3.38. The summed E-state index contributed by atoms with van der Waals surface area (Å²) in [6, 6.07) is 10.3. The number of nitro benzene ring substituents is 1. The Morgan fingerprint density at radius 1 is 1.19 bits per heavy atom. The third-order valence-electron chi connectivity index (χ3n) is 3.66. The molecule has 0 aliphatic carbocycles. The van der Waals surface area contributed by atoms with Crippen LogP contribution in [0.1, 0.15) is 17.3 Å². The molecule has 1 N–H and O–H groups in total. The Bertz CT molecular complexity index is 868. The van der Waals surface area contributed by atoms with Crippen molar-refractivity contribution in [2.45, 2.75) is 13.0 Å². The van der Waals surface area contributed by atoms with Crippen molar-refractivity contribution < 1.29 is 19.2 Å². The van der Waals surface area contributed by atoms with Crippen LogP contribution in [-0.2, 0) is 9.53 Å². The Hall–Kier alpha value is -3.13. The quantitative estimate of drug-likeness (QED) is 0.459. The fraction of sp³-hybridized carbons (Fsp3) is 0.222. The summed E-state index contributed by atoms with van der Waals surface area (Å²) in [5, 5.41) is 14.1. The highest BCUT2D eigenvalue weighted by Crippen LogP contribution is 2.25. The number of benzene rings is 2. The molecule has 0 spiro atoms. The molecule has 0 aromatic heterocycles. The zero-order valence-corrected chi connectivity index (χ0v) is 15.7. The smallest absolute Gasteiger partial charge is 0.341 e. The van der Waals surface area contributed by atoms with Gasteiger partial charge in [-0.2, -0.15) is 0 Å². The average Bonchev–Trinajstić information content (AvgIpc) is 2.62. The Balaban J connectivity index is 2.15. The van der Waals surface area contributed by atoms with E-state index in [1.54, 1.807) is 43.3 Å². The lowest BCUT2D eigenvalue weighted by Crippen LogP contribution is -2.30.